The van der Waals surface area contributed by atoms with Gasteiger partial charge in [-0.3, -0.25) is 19.6 Å². The molecule has 0 N–H and O–H groups in total. The average Bonchev–Trinajstić information content (AvgIpc) is 3.27. The molecule has 2 aliphatic rings. The van der Waals surface area contributed by atoms with Crippen LogP contribution in [0.2, 0.25) is 0 Å². The summed E-state index contributed by atoms with van der Waals surface area (Å²) >= 11 is 0. The highest BCUT2D eigenvalue weighted by Gasteiger charge is 2.44. The Morgan fingerprint density at radius 3 is 2.66 bits per heavy atom. The Bertz CT molecular complexity index is 1420. The van der Waals surface area contributed by atoms with Crippen molar-refractivity contribution in [3.8, 4) is 17.2 Å². The van der Waals surface area contributed by atoms with Crippen molar-refractivity contribution in [2.24, 2.45) is 0 Å². The number of pyridine rings is 1. The normalized spacial score (nSPS) is 17.3. The standard InChI is InChI=1S/C29H30F2N4O6/c1-4-34(20-10-11-23-25(16-20)41-29(30,31)40-23)26(36)18-35-28(37)21-8-5-9-24(39-14-13-38-3)27(21)22(33(35)2)15-19-7-6-12-32-17-19/h5-12,16-17,22H,4,13-15,18H2,1-3H3. The van der Waals surface area contributed by atoms with E-state index in [1.54, 1.807) is 50.6 Å². The zero-order valence-electron chi connectivity index (χ0n) is 22.9. The number of hydrogen-bond donors (Lipinski definition) is 0. The number of carbonyl (C=O) groups excluding carboxylic acids is 2. The number of carbonyl (C=O) groups is 2. The van der Waals surface area contributed by atoms with Crippen molar-refractivity contribution in [2.75, 3.05) is 45.4 Å². The van der Waals surface area contributed by atoms with Gasteiger partial charge in [-0.15, -0.1) is 8.78 Å². The summed E-state index contributed by atoms with van der Waals surface area (Å²) in [7, 11) is 3.33. The third-order valence-corrected chi connectivity index (χ3v) is 6.99. The van der Waals surface area contributed by atoms with Gasteiger partial charge in [0.25, 0.3) is 5.91 Å². The number of fused-ring (bicyclic) bond motifs is 2. The number of amides is 2. The minimum atomic E-state index is -3.77. The number of methoxy groups -OCH3 is 1. The summed E-state index contributed by atoms with van der Waals surface area (Å²) in [5.41, 5.74) is 2.42. The quantitative estimate of drug-likeness (QED) is 0.338. The highest BCUT2D eigenvalue weighted by molar-refractivity contribution is 6.02. The van der Waals surface area contributed by atoms with Crippen LogP contribution in [0.25, 0.3) is 0 Å². The second kappa shape index (κ2) is 11.7. The Morgan fingerprint density at radius 2 is 1.93 bits per heavy atom. The number of hydrazine groups is 1. The predicted octanol–water partition coefficient (Wildman–Crippen LogP) is 4.07. The summed E-state index contributed by atoms with van der Waals surface area (Å²) in [5, 5.41) is 3.14. The summed E-state index contributed by atoms with van der Waals surface area (Å²) in [6, 6.07) is 12.8. The molecule has 3 heterocycles. The minimum Gasteiger partial charge on any atom is -0.491 e. The van der Waals surface area contributed by atoms with Crippen molar-refractivity contribution in [1.82, 2.24) is 15.0 Å². The molecule has 0 aliphatic carbocycles. The average molecular weight is 569 g/mol. The van der Waals surface area contributed by atoms with E-state index in [0.29, 0.717) is 42.2 Å². The first-order valence-electron chi connectivity index (χ1n) is 13.1. The summed E-state index contributed by atoms with van der Waals surface area (Å²) in [4.78, 5) is 33.1. The molecule has 0 fully saturated rings. The van der Waals surface area contributed by atoms with Crippen LogP contribution in [-0.4, -0.2) is 73.6 Å². The summed E-state index contributed by atoms with van der Waals surface area (Å²) < 4.78 is 47.2. The molecule has 0 radical (unpaired) electrons. The second-order valence-electron chi connectivity index (χ2n) is 9.51. The zero-order chi connectivity index (χ0) is 29.1. The Labute approximate surface area is 235 Å². The largest absolute Gasteiger partial charge is 0.586 e. The SMILES string of the molecule is CCN(C(=O)CN1C(=O)c2cccc(OCCOC)c2C(Cc2cccnc2)N1C)c1ccc2c(c1)OC(F)(F)O2. The number of likely N-dealkylation sites (N-methyl/N-ethyl adjacent to an activating group) is 2. The van der Waals surface area contributed by atoms with E-state index in [-0.39, 0.29) is 36.5 Å². The van der Waals surface area contributed by atoms with E-state index in [1.807, 2.05) is 18.2 Å². The summed E-state index contributed by atoms with van der Waals surface area (Å²) in [6.45, 7) is 2.38. The number of rotatable bonds is 10. The summed E-state index contributed by atoms with van der Waals surface area (Å²) in [6.07, 6.45) is 0.170. The summed E-state index contributed by atoms with van der Waals surface area (Å²) in [5.74, 6) is -0.499. The maximum Gasteiger partial charge on any atom is 0.586 e. The van der Waals surface area contributed by atoms with Crippen molar-refractivity contribution in [3.63, 3.8) is 0 Å². The van der Waals surface area contributed by atoms with Crippen LogP contribution in [-0.2, 0) is 16.0 Å². The number of halogens is 2. The van der Waals surface area contributed by atoms with E-state index >= 15 is 0 Å². The van der Waals surface area contributed by atoms with Crippen molar-refractivity contribution in [3.05, 3.63) is 77.6 Å². The minimum absolute atomic E-state index is 0.119. The molecule has 0 saturated carbocycles. The van der Waals surface area contributed by atoms with Crippen LogP contribution in [0, 0.1) is 0 Å². The van der Waals surface area contributed by atoms with Gasteiger partial charge in [-0.1, -0.05) is 12.1 Å². The van der Waals surface area contributed by atoms with Crippen molar-refractivity contribution >= 4 is 17.5 Å². The smallest absolute Gasteiger partial charge is 0.491 e. The van der Waals surface area contributed by atoms with Gasteiger partial charge in [0.2, 0.25) is 5.91 Å². The Balaban J connectivity index is 1.44. The molecule has 2 amide bonds. The number of hydrogen-bond acceptors (Lipinski definition) is 8. The highest BCUT2D eigenvalue weighted by Crippen LogP contribution is 2.43. The third-order valence-electron chi connectivity index (χ3n) is 6.99. The van der Waals surface area contributed by atoms with E-state index in [2.05, 4.69) is 14.5 Å². The van der Waals surface area contributed by atoms with Crippen LogP contribution in [0.4, 0.5) is 14.5 Å². The number of ether oxygens (including phenoxy) is 4. The van der Waals surface area contributed by atoms with Crippen molar-refractivity contribution in [2.45, 2.75) is 25.7 Å². The predicted molar refractivity (Wildman–Crippen MR) is 144 cm³/mol. The number of alkyl halides is 2. The van der Waals surface area contributed by atoms with E-state index in [0.717, 1.165) is 5.56 Å². The Hall–Kier alpha value is -4.29. The molecular weight excluding hydrogens is 538 g/mol. The van der Waals surface area contributed by atoms with Gasteiger partial charge in [0.1, 0.15) is 18.9 Å². The fourth-order valence-electron chi connectivity index (χ4n) is 5.05. The molecule has 3 aromatic rings. The first-order valence-corrected chi connectivity index (χ1v) is 13.1. The first-order chi connectivity index (χ1) is 19.7. The first kappa shape index (κ1) is 28.2. The molecule has 1 atom stereocenters. The molecule has 1 unspecified atom stereocenters. The van der Waals surface area contributed by atoms with Crippen LogP contribution in [0.5, 0.6) is 17.2 Å². The highest BCUT2D eigenvalue weighted by atomic mass is 19.3. The van der Waals surface area contributed by atoms with E-state index in [1.165, 1.54) is 28.1 Å². The molecule has 0 spiro atoms. The van der Waals surface area contributed by atoms with Crippen molar-refractivity contribution in [1.29, 1.82) is 0 Å². The van der Waals surface area contributed by atoms with Crippen LogP contribution in [0.1, 0.15) is 34.5 Å². The van der Waals surface area contributed by atoms with Gasteiger partial charge < -0.3 is 23.8 Å². The molecule has 41 heavy (non-hydrogen) atoms. The number of benzene rings is 2. The van der Waals surface area contributed by atoms with Crippen molar-refractivity contribution < 1.29 is 37.3 Å². The molecule has 5 rings (SSSR count). The third kappa shape index (κ3) is 5.79. The fourth-order valence-corrected chi connectivity index (χ4v) is 5.05. The second-order valence-corrected chi connectivity index (χ2v) is 9.51. The molecular formula is C29H30F2N4O6. The van der Waals surface area contributed by atoms with E-state index in [9.17, 15) is 18.4 Å². The van der Waals surface area contributed by atoms with Gasteiger partial charge in [-0.2, -0.15) is 0 Å². The maximum absolute atomic E-state index is 13.8. The number of nitrogens with zero attached hydrogens (tertiary/aromatic N) is 4. The lowest BCUT2D eigenvalue weighted by Gasteiger charge is -2.43. The van der Waals surface area contributed by atoms with E-state index < -0.39 is 12.2 Å². The fraction of sp³-hybridized carbons (Fsp3) is 0.345. The van der Waals surface area contributed by atoms with Gasteiger partial charge in [-0.05, 0) is 49.2 Å². The topological polar surface area (TPSA) is 93.7 Å². The van der Waals surface area contributed by atoms with Crippen LogP contribution >= 0.6 is 0 Å². The molecule has 0 bridgehead atoms. The lowest BCUT2D eigenvalue weighted by atomic mass is 9.91. The molecule has 2 aliphatic heterocycles. The monoisotopic (exact) mass is 568 g/mol. The molecule has 12 heteroatoms. The van der Waals surface area contributed by atoms with Gasteiger partial charge in [0.05, 0.1) is 12.6 Å². The zero-order valence-corrected chi connectivity index (χ0v) is 22.9. The molecule has 2 aromatic carbocycles. The van der Waals surface area contributed by atoms with Gasteiger partial charge >= 0.3 is 6.29 Å². The van der Waals surface area contributed by atoms with Gasteiger partial charge in [0, 0.05) is 56.0 Å². The van der Waals surface area contributed by atoms with Crippen LogP contribution in [0.3, 0.4) is 0 Å². The Kier molecular flexibility index (Phi) is 8.04. The van der Waals surface area contributed by atoms with E-state index in [4.69, 9.17) is 9.47 Å². The van der Waals surface area contributed by atoms with Crippen LogP contribution in [0.15, 0.2) is 60.9 Å². The lowest BCUT2D eigenvalue weighted by Crippen LogP contribution is -2.54. The molecule has 10 nitrogen and oxygen atoms in total. The molecule has 1 aromatic heterocycles. The van der Waals surface area contributed by atoms with Gasteiger partial charge in [-0.25, -0.2) is 5.01 Å². The number of aromatic nitrogens is 1. The lowest BCUT2D eigenvalue weighted by molar-refractivity contribution is -0.286. The molecule has 0 saturated heterocycles. The number of anilines is 1. The molecule has 216 valence electrons. The maximum atomic E-state index is 13.8. The Morgan fingerprint density at radius 1 is 1.12 bits per heavy atom. The van der Waals surface area contributed by atoms with Crippen LogP contribution < -0.4 is 19.1 Å². The van der Waals surface area contributed by atoms with Gasteiger partial charge in [0.15, 0.2) is 11.5 Å².